The zero-order chi connectivity index (χ0) is 14.2. The zero-order valence-corrected chi connectivity index (χ0v) is 11.1. The summed E-state index contributed by atoms with van der Waals surface area (Å²) in [7, 11) is 0. The van der Waals surface area contributed by atoms with E-state index in [4.69, 9.17) is 11.6 Å². The number of anilines is 1. The monoisotopic (exact) mass is 288 g/mol. The first kappa shape index (κ1) is 14.0. The summed E-state index contributed by atoms with van der Waals surface area (Å²) in [6.07, 6.45) is 0.817. The van der Waals surface area contributed by atoms with Crippen molar-refractivity contribution in [1.29, 1.82) is 0 Å². The third-order valence-corrected chi connectivity index (χ3v) is 3.88. The molecule has 1 aromatic rings. The molecule has 0 aliphatic carbocycles. The molecule has 1 fully saturated rings. The molecule has 0 aromatic heterocycles. The maximum Gasteiger partial charge on any atom is 0.295 e. The van der Waals surface area contributed by atoms with Crippen LogP contribution in [0.25, 0.3) is 0 Å². The zero-order valence-electron chi connectivity index (χ0n) is 10.3. The lowest BCUT2D eigenvalue weighted by Gasteiger charge is -2.27. The fraction of sp³-hybridized carbons (Fsp3) is 0.500. The number of rotatable bonds is 3. The Morgan fingerprint density at radius 1 is 1.63 bits per heavy atom. The van der Waals surface area contributed by atoms with Gasteiger partial charge in [0.25, 0.3) is 5.69 Å². The Morgan fingerprint density at radius 3 is 2.89 bits per heavy atom. The van der Waals surface area contributed by atoms with Crippen LogP contribution in [0.15, 0.2) is 12.1 Å². The topological polar surface area (TPSA) is 66.6 Å². The van der Waals surface area contributed by atoms with Gasteiger partial charge in [0.05, 0.1) is 28.7 Å². The number of hydrogen-bond donors (Lipinski definition) is 1. The summed E-state index contributed by atoms with van der Waals surface area (Å²) in [5.41, 5.74) is -0.0609. The van der Waals surface area contributed by atoms with Crippen molar-refractivity contribution in [2.24, 2.45) is 5.92 Å². The summed E-state index contributed by atoms with van der Waals surface area (Å²) >= 11 is 5.71. The Kier molecular flexibility index (Phi) is 3.91. The number of nitrogens with zero attached hydrogens (tertiary/aromatic N) is 2. The molecule has 1 saturated heterocycles. The van der Waals surface area contributed by atoms with E-state index in [-0.39, 0.29) is 35.0 Å². The standard InChI is InChI=1S/C12H14ClFN2O3/c1-7-2-3-15(12(7)6-17)10-4-8(13)9(14)5-11(10)16(18)19/h4-5,7,12,17H,2-3,6H2,1H3. The van der Waals surface area contributed by atoms with Crippen LogP contribution in [0.5, 0.6) is 0 Å². The lowest BCUT2D eigenvalue weighted by molar-refractivity contribution is -0.384. The third kappa shape index (κ3) is 2.50. The molecule has 1 N–H and O–H groups in total. The Labute approximate surface area is 114 Å². The molecule has 19 heavy (non-hydrogen) atoms. The molecule has 2 unspecified atom stereocenters. The van der Waals surface area contributed by atoms with Gasteiger partial charge in [-0.25, -0.2) is 4.39 Å². The van der Waals surface area contributed by atoms with Gasteiger partial charge in [0.2, 0.25) is 0 Å². The van der Waals surface area contributed by atoms with Gasteiger partial charge in [0.15, 0.2) is 0 Å². The molecule has 5 nitrogen and oxygen atoms in total. The van der Waals surface area contributed by atoms with E-state index < -0.39 is 10.7 Å². The highest BCUT2D eigenvalue weighted by atomic mass is 35.5. The van der Waals surface area contributed by atoms with Crippen LogP contribution in [-0.4, -0.2) is 29.2 Å². The highest BCUT2D eigenvalue weighted by molar-refractivity contribution is 6.31. The van der Waals surface area contributed by atoms with Gasteiger partial charge < -0.3 is 10.0 Å². The second-order valence-corrected chi connectivity index (χ2v) is 5.13. The van der Waals surface area contributed by atoms with Crippen LogP contribution in [0.1, 0.15) is 13.3 Å². The lowest BCUT2D eigenvalue weighted by atomic mass is 10.0. The van der Waals surface area contributed by atoms with E-state index in [9.17, 15) is 19.6 Å². The molecule has 0 bridgehead atoms. The van der Waals surface area contributed by atoms with E-state index in [0.29, 0.717) is 6.54 Å². The Morgan fingerprint density at radius 2 is 2.32 bits per heavy atom. The number of benzene rings is 1. The van der Waals surface area contributed by atoms with Gasteiger partial charge in [-0.3, -0.25) is 10.1 Å². The molecule has 1 aliphatic rings. The number of hydrogen-bond acceptors (Lipinski definition) is 4. The summed E-state index contributed by atoms with van der Waals surface area (Å²) in [5.74, 6) is -0.599. The predicted octanol–water partition coefficient (Wildman–Crippen LogP) is 2.59. The van der Waals surface area contributed by atoms with Crippen molar-refractivity contribution < 1.29 is 14.4 Å². The molecule has 0 radical (unpaired) electrons. The van der Waals surface area contributed by atoms with Crippen LogP contribution in [0.4, 0.5) is 15.8 Å². The van der Waals surface area contributed by atoms with Crippen molar-refractivity contribution in [3.63, 3.8) is 0 Å². The van der Waals surface area contributed by atoms with Crippen LogP contribution in [0, 0.1) is 21.8 Å². The van der Waals surface area contributed by atoms with Crippen molar-refractivity contribution >= 4 is 23.0 Å². The van der Waals surface area contributed by atoms with Crippen molar-refractivity contribution in [2.45, 2.75) is 19.4 Å². The summed E-state index contributed by atoms with van der Waals surface area (Å²) < 4.78 is 13.4. The minimum absolute atomic E-state index is 0.104. The normalized spacial score (nSPS) is 22.8. The van der Waals surface area contributed by atoms with E-state index in [1.165, 1.54) is 6.07 Å². The van der Waals surface area contributed by atoms with E-state index >= 15 is 0 Å². The van der Waals surface area contributed by atoms with Crippen LogP contribution >= 0.6 is 11.6 Å². The predicted molar refractivity (Wildman–Crippen MR) is 70.1 cm³/mol. The highest BCUT2D eigenvalue weighted by Gasteiger charge is 2.34. The van der Waals surface area contributed by atoms with E-state index in [1.54, 1.807) is 4.90 Å². The molecule has 0 spiro atoms. The molecule has 1 heterocycles. The molecular weight excluding hydrogens is 275 g/mol. The number of halogens is 2. The largest absolute Gasteiger partial charge is 0.394 e. The molecule has 0 amide bonds. The summed E-state index contributed by atoms with van der Waals surface area (Å²) in [6.45, 7) is 2.44. The maximum atomic E-state index is 13.4. The van der Waals surface area contributed by atoms with E-state index in [1.807, 2.05) is 6.92 Å². The van der Waals surface area contributed by atoms with E-state index in [2.05, 4.69) is 0 Å². The molecule has 2 rings (SSSR count). The fourth-order valence-electron chi connectivity index (χ4n) is 2.49. The highest BCUT2D eigenvalue weighted by Crippen LogP contribution is 2.38. The second-order valence-electron chi connectivity index (χ2n) is 4.72. The maximum absolute atomic E-state index is 13.4. The van der Waals surface area contributed by atoms with Crippen molar-refractivity contribution in [3.05, 3.63) is 33.1 Å². The number of nitro groups is 1. The average molecular weight is 289 g/mol. The minimum atomic E-state index is -0.815. The van der Waals surface area contributed by atoms with E-state index in [0.717, 1.165) is 12.5 Å². The Hall–Kier alpha value is -1.40. The van der Waals surface area contributed by atoms with Crippen LogP contribution in [0.2, 0.25) is 5.02 Å². The molecule has 1 aliphatic heterocycles. The molecule has 2 atom stereocenters. The summed E-state index contributed by atoms with van der Waals surface area (Å²) in [6, 6.07) is 1.88. The third-order valence-electron chi connectivity index (χ3n) is 3.59. The smallest absolute Gasteiger partial charge is 0.295 e. The molecular formula is C12H14ClFN2O3. The summed E-state index contributed by atoms with van der Waals surface area (Å²) in [5, 5.41) is 20.3. The van der Waals surface area contributed by atoms with Gasteiger partial charge in [-0.15, -0.1) is 0 Å². The van der Waals surface area contributed by atoms with Crippen molar-refractivity contribution in [3.8, 4) is 0 Å². The number of nitro benzene ring substituents is 1. The molecule has 104 valence electrons. The Balaban J connectivity index is 2.49. The SMILES string of the molecule is CC1CCN(c2cc(Cl)c(F)cc2[N+](=O)[O-])C1CO. The summed E-state index contributed by atoms with van der Waals surface area (Å²) in [4.78, 5) is 12.1. The van der Waals surface area contributed by atoms with Crippen LogP contribution in [-0.2, 0) is 0 Å². The van der Waals surface area contributed by atoms with Crippen molar-refractivity contribution in [2.75, 3.05) is 18.1 Å². The van der Waals surface area contributed by atoms with Gasteiger partial charge in [0, 0.05) is 6.54 Å². The second kappa shape index (κ2) is 5.30. The van der Waals surface area contributed by atoms with Crippen LogP contribution < -0.4 is 4.90 Å². The molecule has 1 aromatic carbocycles. The fourth-order valence-corrected chi connectivity index (χ4v) is 2.65. The number of aliphatic hydroxyl groups excluding tert-OH is 1. The van der Waals surface area contributed by atoms with Gasteiger partial charge in [-0.05, 0) is 18.4 Å². The van der Waals surface area contributed by atoms with Crippen molar-refractivity contribution in [1.82, 2.24) is 0 Å². The average Bonchev–Trinajstić information content (AvgIpc) is 2.72. The van der Waals surface area contributed by atoms with Gasteiger partial charge in [-0.1, -0.05) is 18.5 Å². The lowest BCUT2D eigenvalue weighted by Crippen LogP contribution is -2.35. The first-order chi connectivity index (χ1) is 8.95. The van der Waals surface area contributed by atoms with Crippen LogP contribution in [0.3, 0.4) is 0 Å². The number of aliphatic hydroxyl groups is 1. The molecule has 0 saturated carbocycles. The minimum Gasteiger partial charge on any atom is -0.394 e. The first-order valence-electron chi connectivity index (χ1n) is 5.96. The first-order valence-corrected chi connectivity index (χ1v) is 6.34. The van der Waals surface area contributed by atoms with Gasteiger partial charge in [0.1, 0.15) is 11.5 Å². The molecule has 7 heteroatoms. The Bertz CT molecular complexity index is 512. The van der Waals surface area contributed by atoms with Gasteiger partial charge in [-0.2, -0.15) is 0 Å². The quantitative estimate of drug-likeness (QED) is 0.686. The van der Waals surface area contributed by atoms with Gasteiger partial charge >= 0.3 is 0 Å².